The summed E-state index contributed by atoms with van der Waals surface area (Å²) in [4.78, 5) is 0. The lowest BCUT2D eigenvalue weighted by atomic mass is 10.1. The van der Waals surface area contributed by atoms with E-state index in [0.717, 1.165) is 12.1 Å². The van der Waals surface area contributed by atoms with Gasteiger partial charge in [0.2, 0.25) is 0 Å². The maximum atomic E-state index is 9.87. The van der Waals surface area contributed by atoms with Crippen LogP contribution in [0.4, 0.5) is 0 Å². The first kappa shape index (κ1) is 14.8. The van der Waals surface area contributed by atoms with Gasteiger partial charge in [-0.05, 0) is 36.2 Å². The molecule has 1 unspecified atom stereocenters. The number of halogens is 2. The normalized spacial score (nSPS) is 13.1. The highest BCUT2D eigenvalue weighted by molar-refractivity contribution is 6.33. The van der Waals surface area contributed by atoms with Gasteiger partial charge in [0, 0.05) is 23.0 Å². The molecule has 2 N–H and O–H groups in total. The monoisotopic (exact) mass is 275 g/mol. The van der Waals surface area contributed by atoms with Crippen LogP contribution >= 0.6 is 23.2 Å². The van der Waals surface area contributed by atoms with Crippen molar-refractivity contribution in [3.8, 4) is 0 Å². The molecule has 0 aliphatic rings. The predicted octanol–water partition coefficient (Wildman–Crippen LogP) is 3.14. The second-order valence-electron chi connectivity index (χ2n) is 4.65. The molecule has 0 aliphatic heterocycles. The molecular formula is C13H19Cl2NO. The topological polar surface area (TPSA) is 32.3 Å². The molecule has 0 spiro atoms. The average molecular weight is 276 g/mol. The molecule has 1 aromatic carbocycles. The van der Waals surface area contributed by atoms with Crippen LogP contribution in [0.25, 0.3) is 0 Å². The first-order chi connectivity index (χ1) is 7.99. The van der Waals surface area contributed by atoms with Crippen LogP contribution in [0.3, 0.4) is 0 Å². The van der Waals surface area contributed by atoms with Crippen molar-refractivity contribution in [1.29, 1.82) is 0 Å². The van der Waals surface area contributed by atoms with Crippen LogP contribution in [0.2, 0.25) is 10.0 Å². The minimum atomic E-state index is -0.440. The summed E-state index contributed by atoms with van der Waals surface area (Å²) in [5.74, 6) is 0.581. The number of hydrogen-bond acceptors (Lipinski definition) is 2. The summed E-state index contributed by atoms with van der Waals surface area (Å²) in [5.41, 5.74) is 0.887. The van der Waals surface area contributed by atoms with Crippen LogP contribution in [0, 0.1) is 5.92 Å². The Morgan fingerprint density at radius 1 is 1.24 bits per heavy atom. The summed E-state index contributed by atoms with van der Waals surface area (Å²) >= 11 is 11.9. The van der Waals surface area contributed by atoms with Crippen LogP contribution < -0.4 is 5.32 Å². The van der Waals surface area contributed by atoms with Gasteiger partial charge in [-0.25, -0.2) is 0 Å². The number of aliphatic hydroxyl groups excluding tert-OH is 1. The summed E-state index contributed by atoms with van der Waals surface area (Å²) in [6, 6.07) is 5.31. The van der Waals surface area contributed by atoms with Crippen LogP contribution in [-0.4, -0.2) is 24.3 Å². The molecule has 0 aliphatic carbocycles. The summed E-state index contributed by atoms with van der Waals surface area (Å²) < 4.78 is 0. The Kier molecular flexibility index (Phi) is 6.28. The molecule has 1 atom stereocenters. The minimum Gasteiger partial charge on any atom is -0.391 e. The van der Waals surface area contributed by atoms with Gasteiger partial charge in [-0.3, -0.25) is 0 Å². The fourth-order valence-electron chi connectivity index (χ4n) is 1.56. The number of aliphatic hydroxyl groups is 1. The zero-order valence-corrected chi connectivity index (χ0v) is 11.7. The van der Waals surface area contributed by atoms with E-state index >= 15 is 0 Å². The summed E-state index contributed by atoms with van der Waals surface area (Å²) in [5, 5.41) is 14.4. The van der Waals surface area contributed by atoms with E-state index in [2.05, 4.69) is 19.2 Å². The zero-order chi connectivity index (χ0) is 12.8. The van der Waals surface area contributed by atoms with Gasteiger partial charge in [0.25, 0.3) is 0 Å². The third-order valence-electron chi connectivity index (χ3n) is 2.40. The molecule has 0 saturated heterocycles. The maximum absolute atomic E-state index is 9.87. The van der Waals surface area contributed by atoms with Crippen molar-refractivity contribution < 1.29 is 5.11 Å². The quantitative estimate of drug-likeness (QED) is 0.836. The molecule has 17 heavy (non-hydrogen) atoms. The lowest BCUT2D eigenvalue weighted by molar-refractivity contribution is 0.170. The van der Waals surface area contributed by atoms with Gasteiger partial charge in [0.15, 0.2) is 0 Å². The van der Waals surface area contributed by atoms with Gasteiger partial charge in [0.1, 0.15) is 0 Å². The predicted molar refractivity (Wildman–Crippen MR) is 73.9 cm³/mol. The lowest BCUT2D eigenvalue weighted by Crippen LogP contribution is -2.30. The number of benzene rings is 1. The molecule has 1 rings (SSSR count). The molecular weight excluding hydrogens is 257 g/mol. The molecule has 0 bridgehead atoms. The molecule has 0 amide bonds. The Morgan fingerprint density at radius 3 is 2.59 bits per heavy atom. The molecule has 2 nitrogen and oxygen atoms in total. The number of hydrogen-bond donors (Lipinski definition) is 2. The molecule has 4 heteroatoms. The van der Waals surface area contributed by atoms with E-state index in [4.69, 9.17) is 23.2 Å². The van der Waals surface area contributed by atoms with Gasteiger partial charge in [-0.1, -0.05) is 37.0 Å². The minimum absolute atomic E-state index is 0.440. The first-order valence-corrected chi connectivity index (χ1v) is 6.57. The van der Waals surface area contributed by atoms with Gasteiger partial charge in [0.05, 0.1) is 6.10 Å². The Balaban J connectivity index is 2.44. The summed E-state index contributed by atoms with van der Waals surface area (Å²) in [6.07, 6.45) is 0.0783. The fraction of sp³-hybridized carbons (Fsp3) is 0.538. The maximum Gasteiger partial charge on any atom is 0.0705 e. The number of nitrogens with one attached hydrogen (secondary N) is 1. The fourth-order valence-corrected chi connectivity index (χ4v) is 1.95. The van der Waals surface area contributed by atoms with E-state index in [0.29, 0.717) is 28.9 Å². The number of rotatable bonds is 6. The third kappa shape index (κ3) is 5.73. The van der Waals surface area contributed by atoms with E-state index < -0.39 is 6.10 Å². The largest absolute Gasteiger partial charge is 0.391 e. The van der Waals surface area contributed by atoms with Crippen molar-refractivity contribution in [2.75, 3.05) is 13.1 Å². The van der Waals surface area contributed by atoms with Crippen molar-refractivity contribution in [1.82, 2.24) is 5.32 Å². The second kappa shape index (κ2) is 7.22. The Bertz CT molecular complexity index is 355. The highest BCUT2D eigenvalue weighted by Gasteiger charge is 2.09. The lowest BCUT2D eigenvalue weighted by Gasteiger charge is -2.14. The summed E-state index contributed by atoms with van der Waals surface area (Å²) in [6.45, 7) is 5.74. The van der Waals surface area contributed by atoms with Crippen molar-refractivity contribution in [2.45, 2.75) is 26.4 Å². The SMILES string of the molecule is CC(C)CNCC(O)Cc1cc(Cl)ccc1Cl. The van der Waals surface area contributed by atoms with Gasteiger partial charge in [-0.15, -0.1) is 0 Å². The standard InChI is InChI=1S/C13H19Cl2NO/c1-9(2)7-16-8-12(17)6-10-5-11(14)3-4-13(10)15/h3-5,9,12,16-17H,6-8H2,1-2H3. The van der Waals surface area contributed by atoms with Crippen LogP contribution in [-0.2, 0) is 6.42 Å². The van der Waals surface area contributed by atoms with Crippen LogP contribution in [0.5, 0.6) is 0 Å². The third-order valence-corrected chi connectivity index (χ3v) is 3.00. The van der Waals surface area contributed by atoms with E-state index in [-0.39, 0.29) is 0 Å². The Hall–Kier alpha value is -0.280. The molecule has 0 heterocycles. The van der Waals surface area contributed by atoms with Gasteiger partial charge >= 0.3 is 0 Å². The molecule has 1 aromatic rings. The second-order valence-corrected chi connectivity index (χ2v) is 5.49. The van der Waals surface area contributed by atoms with E-state index in [1.165, 1.54) is 0 Å². The van der Waals surface area contributed by atoms with Crippen LogP contribution in [0.15, 0.2) is 18.2 Å². The molecule has 96 valence electrons. The molecule has 0 fully saturated rings. The van der Waals surface area contributed by atoms with Crippen molar-refractivity contribution in [3.63, 3.8) is 0 Å². The van der Waals surface area contributed by atoms with Gasteiger partial charge in [-0.2, -0.15) is 0 Å². The first-order valence-electron chi connectivity index (χ1n) is 5.81. The molecule has 0 saturated carbocycles. The van der Waals surface area contributed by atoms with Crippen LogP contribution in [0.1, 0.15) is 19.4 Å². The summed E-state index contributed by atoms with van der Waals surface area (Å²) in [7, 11) is 0. The van der Waals surface area contributed by atoms with Crippen molar-refractivity contribution >= 4 is 23.2 Å². The zero-order valence-electron chi connectivity index (χ0n) is 10.2. The van der Waals surface area contributed by atoms with E-state index in [1.54, 1.807) is 18.2 Å². The Morgan fingerprint density at radius 2 is 1.94 bits per heavy atom. The average Bonchev–Trinajstić information content (AvgIpc) is 2.23. The molecule has 0 aromatic heterocycles. The van der Waals surface area contributed by atoms with Gasteiger partial charge < -0.3 is 10.4 Å². The van der Waals surface area contributed by atoms with E-state index in [1.807, 2.05) is 0 Å². The smallest absolute Gasteiger partial charge is 0.0705 e. The van der Waals surface area contributed by atoms with E-state index in [9.17, 15) is 5.11 Å². The van der Waals surface area contributed by atoms with Crippen molar-refractivity contribution in [3.05, 3.63) is 33.8 Å². The Labute approximate surface area is 113 Å². The highest BCUT2D eigenvalue weighted by Crippen LogP contribution is 2.21. The highest BCUT2D eigenvalue weighted by atomic mass is 35.5. The molecule has 0 radical (unpaired) electrons. The van der Waals surface area contributed by atoms with Crippen molar-refractivity contribution in [2.24, 2.45) is 5.92 Å².